The van der Waals surface area contributed by atoms with Crippen molar-refractivity contribution in [3.8, 4) is 11.4 Å². The predicted octanol–water partition coefficient (Wildman–Crippen LogP) is 1.05. The van der Waals surface area contributed by atoms with E-state index in [1.807, 2.05) is 6.92 Å². The maximum absolute atomic E-state index is 11.2. The Bertz CT molecular complexity index is 866. The third kappa shape index (κ3) is 3.36. The summed E-state index contributed by atoms with van der Waals surface area (Å²) in [5.74, 6) is 0.568. The lowest BCUT2D eigenvalue weighted by atomic mass is 10.0. The van der Waals surface area contributed by atoms with Gasteiger partial charge < -0.3 is 14.0 Å². The molecule has 0 aromatic carbocycles. The maximum Gasteiger partial charge on any atom is 0.240 e. The first-order chi connectivity index (χ1) is 12.6. The standard InChI is InChI=1S/C15H18N6O4S/c1-9-7-17-14(25-3)11(12(9)24-2)21-13(10-5-4-6-16-8-10)18-19-15(21)20-26(22)23/h4-9,12H,1-3H3,(H,19,20)(H,22,23)/p-1. The summed E-state index contributed by atoms with van der Waals surface area (Å²) in [4.78, 5) is 8.38. The molecular formula is C15H17N6O4S-. The van der Waals surface area contributed by atoms with Crippen molar-refractivity contribution < 1.29 is 18.2 Å². The molecule has 2 aromatic heterocycles. The fourth-order valence-corrected chi connectivity index (χ4v) is 3.02. The highest BCUT2D eigenvalue weighted by Gasteiger charge is 2.33. The van der Waals surface area contributed by atoms with Gasteiger partial charge in [-0.2, -0.15) is 0 Å². The number of hydrogen-bond donors (Lipinski definition) is 1. The minimum absolute atomic E-state index is 0.00640. The Balaban J connectivity index is 2.26. The van der Waals surface area contributed by atoms with E-state index in [-0.39, 0.29) is 17.7 Å². The van der Waals surface area contributed by atoms with Crippen LogP contribution in [0.5, 0.6) is 0 Å². The highest BCUT2D eigenvalue weighted by molar-refractivity contribution is 7.80. The highest BCUT2D eigenvalue weighted by Crippen LogP contribution is 2.34. The molecule has 2 aromatic rings. The SMILES string of the molecule is COC1=C(n2c(NS(=O)[O-])nnc2-c2cccnc2)C(OC)C(C)C=N1. The van der Waals surface area contributed by atoms with Crippen LogP contribution in [-0.4, -0.2) is 55.0 Å². The van der Waals surface area contributed by atoms with Crippen LogP contribution in [0.4, 0.5) is 5.95 Å². The lowest BCUT2D eigenvalue weighted by molar-refractivity contribution is 0.116. The molecule has 3 unspecified atom stereocenters. The van der Waals surface area contributed by atoms with Gasteiger partial charge in [-0.05, 0) is 12.1 Å². The lowest BCUT2D eigenvalue weighted by Gasteiger charge is -2.29. The van der Waals surface area contributed by atoms with Crippen molar-refractivity contribution in [1.82, 2.24) is 19.7 Å². The van der Waals surface area contributed by atoms with Gasteiger partial charge in [-0.25, -0.2) is 4.99 Å². The van der Waals surface area contributed by atoms with Crippen LogP contribution < -0.4 is 4.72 Å². The molecule has 0 amide bonds. The molecule has 0 bridgehead atoms. The number of aliphatic imine (C=N–C) groups is 1. The zero-order valence-corrected chi connectivity index (χ0v) is 15.1. The Hall–Kier alpha value is -2.63. The normalized spacial score (nSPS) is 20.9. The molecule has 3 atom stereocenters. The predicted molar refractivity (Wildman–Crippen MR) is 94.5 cm³/mol. The van der Waals surface area contributed by atoms with E-state index in [9.17, 15) is 8.76 Å². The van der Waals surface area contributed by atoms with E-state index >= 15 is 0 Å². The number of nitrogens with one attached hydrogen (secondary N) is 1. The Morgan fingerprint density at radius 3 is 2.77 bits per heavy atom. The van der Waals surface area contributed by atoms with Crippen molar-refractivity contribution in [2.45, 2.75) is 13.0 Å². The molecule has 0 aliphatic carbocycles. The smallest absolute Gasteiger partial charge is 0.240 e. The molecular weight excluding hydrogens is 360 g/mol. The van der Waals surface area contributed by atoms with E-state index in [0.29, 0.717) is 17.1 Å². The van der Waals surface area contributed by atoms with Crippen LogP contribution in [0.2, 0.25) is 0 Å². The van der Waals surface area contributed by atoms with Crippen LogP contribution in [-0.2, 0) is 20.7 Å². The van der Waals surface area contributed by atoms with Gasteiger partial charge in [-0.1, -0.05) is 6.92 Å². The number of hydrogen-bond acceptors (Lipinski definition) is 8. The fourth-order valence-electron chi connectivity index (χ4n) is 2.74. The molecule has 26 heavy (non-hydrogen) atoms. The summed E-state index contributed by atoms with van der Waals surface area (Å²) in [5.41, 5.74) is 1.13. The van der Waals surface area contributed by atoms with Crippen molar-refractivity contribution in [2.24, 2.45) is 10.9 Å². The second-order valence-corrected chi connectivity index (χ2v) is 6.12. The summed E-state index contributed by atoms with van der Waals surface area (Å²) in [6.45, 7) is 1.93. The van der Waals surface area contributed by atoms with Gasteiger partial charge in [0.15, 0.2) is 5.82 Å². The molecule has 1 N–H and O–H groups in total. The Labute approximate surface area is 152 Å². The summed E-state index contributed by atoms with van der Waals surface area (Å²) in [5, 5.41) is 8.07. The average molecular weight is 377 g/mol. The lowest BCUT2D eigenvalue weighted by Crippen LogP contribution is -2.31. The topological polar surface area (TPSA) is 127 Å². The Kier molecular flexibility index (Phi) is 5.40. The number of pyridine rings is 1. The van der Waals surface area contributed by atoms with Crippen molar-refractivity contribution in [3.05, 3.63) is 30.4 Å². The van der Waals surface area contributed by atoms with Gasteiger partial charge in [0, 0.05) is 48.5 Å². The summed E-state index contributed by atoms with van der Waals surface area (Å²) in [6, 6.07) is 3.53. The molecule has 1 aliphatic rings. The van der Waals surface area contributed by atoms with Gasteiger partial charge >= 0.3 is 0 Å². The van der Waals surface area contributed by atoms with Crippen LogP contribution in [0.3, 0.4) is 0 Å². The largest absolute Gasteiger partial charge is 0.755 e. The molecule has 0 fully saturated rings. The molecule has 0 spiro atoms. The van der Waals surface area contributed by atoms with Crippen molar-refractivity contribution in [1.29, 1.82) is 0 Å². The minimum Gasteiger partial charge on any atom is -0.755 e. The molecule has 1 aliphatic heterocycles. The van der Waals surface area contributed by atoms with Gasteiger partial charge in [-0.3, -0.25) is 18.5 Å². The first-order valence-corrected chi connectivity index (χ1v) is 8.71. The van der Waals surface area contributed by atoms with Crippen LogP contribution in [0, 0.1) is 5.92 Å². The number of rotatable bonds is 6. The molecule has 3 heterocycles. The molecule has 0 radical (unpaired) electrons. The van der Waals surface area contributed by atoms with Gasteiger partial charge in [0.2, 0.25) is 11.8 Å². The van der Waals surface area contributed by atoms with Crippen molar-refractivity contribution >= 4 is 29.1 Å². The summed E-state index contributed by atoms with van der Waals surface area (Å²) < 4.78 is 37.2. The van der Waals surface area contributed by atoms with Gasteiger partial charge in [0.25, 0.3) is 0 Å². The molecule has 138 valence electrons. The summed E-state index contributed by atoms with van der Waals surface area (Å²) in [7, 11) is 3.03. The Morgan fingerprint density at radius 2 is 2.15 bits per heavy atom. The van der Waals surface area contributed by atoms with E-state index in [4.69, 9.17) is 9.47 Å². The fraction of sp³-hybridized carbons (Fsp3) is 0.333. The summed E-state index contributed by atoms with van der Waals surface area (Å²) in [6.07, 6.45) is 4.49. The Morgan fingerprint density at radius 1 is 1.35 bits per heavy atom. The minimum atomic E-state index is -2.59. The number of nitrogens with zero attached hydrogens (tertiary/aromatic N) is 5. The van der Waals surface area contributed by atoms with Crippen molar-refractivity contribution in [3.63, 3.8) is 0 Å². The first-order valence-electron chi connectivity index (χ1n) is 7.64. The van der Waals surface area contributed by atoms with Gasteiger partial charge in [0.05, 0.1) is 7.11 Å². The zero-order valence-electron chi connectivity index (χ0n) is 14.3. The van der Waals surface area contributed by atoms with Crippen LogP contribution in [0.1, 0.15) is 6.92 Å². The number of anilines is 1. The number of aromatic nitrogens is 4. The number of ether oxygens (including phenoxy) is 2. The van der Waals surface area contributed by atoms with Gasteiger partial charge in [0.1, 0.15) is 11.8 Å². The summed E-state index contributed by atoms with van der Waals surface area (Å²) >= 11 is -2.59. The molecule has 11 heteroatoms. The quantitative estimate of drug-likeness (QED) is 0.746. The van der Waals surface area contributed by atoms with E-state index in [0.717, 1.165) is 0 Å². The molecule has 3 rings (SSSR count). The van der Waals surface area contributed by atoms with E-state index < -0.39 is 17.4 Å². The first kappa shape index (κ1) is 18.2. The maximum atomic E-state index is 11.2. The van der Waals surface area contributed by atoms with Crippen LogP contribution >= 0.6 is 0 Å². The van der Waals surface area contributed by atoms with E-state index in [1.165, 1.54) is 11.7 Å². The zero-order chi connectivity index (χ0) is 18.7. The third-order valence-corrected chi connectivity index (χ3v) is 4.19. The third-order valence-electron chi connectivity index (χ3n) is 3.84. The molecule has 10 nitrogen and oxygen atoms in total. The molecule has 0 saturated heterocycles. The average Bonchev–Trinajstić information content (AvgIpc) is 3.04. The number of methoxy groups -OCH3 is 2. The van der Waals surface area contributed by atoms with Crippen LogP contribution in [0.25, 0.3) is 17.1 Å². The monoisotopic (exact) mass is 377 g/mol. The van der Waals surface area contributed by atoms with E-state index in [2.05, 4.69) is 24.9 Å². The van der Waals surface area contributed by atoms with Crippen molar-refractivity contribution in [2.75, 3.05) is 18.9 Å². The highest BCUT2D eigenvalue weighted by atomic mass is 32.2. The van der Waals surface area contributed by atoms with Crippen LogP contribution in [0.15, 0.2) is 35.4 Å². The second-order valence-electron chi connectivity index (χ2n) is 5.45. The van der Waals surface area contributed by atoms with Gasteiger partial charge in [-0.15, -0.1) is 10.2 Å². The second kappa shape index (κ2) is 7.72. The molecule has 0 saturated carbocycles. The van der Waals surface area contributed by atoms with E-state index in [1.54, 1.807) is 37.9 Å².